The predicted molar refractivity (Wildman–Crippen MR) is 75.1 cm³/mol. The summed E-state index contributed by atoms with van der Waals surface area (Å²) in [7, 11) is 2.66. The average Bonchev–Trinajstić information content (AvgIpc) is 2.52. The molecule has 0 saturated carbocycles. The molecule has 0 amide bonds. The van der Waals surface area contributed by atoms with Crippen LogP contribution in [-0.2, 0) is 14.3 Å². The van der Waals surface area contributed by atoms with Crippen LogP contribution < -0.4 is 4.90 Å². The lowest BCUT2D eigenvalue weighted by atomic mass is 10.0. The van der Waals surface area contributed by atoms with E-state index in [9.17, 15) is 9.59 Å². The van der Waals surface area contributed by atoms with E-state index in [4.69, 9.17) is 4.74 Å². The number of hydrogen-bond donors (Lipinski definition) is 0. The fourth-order valence-corrected chi connectivity index (χ4v) is 2.47. The van der Waals surface area contributed by atoms with Crippen LogP contribution in [0.25, 0.3) is 0 Å². The van der Waals surface area contributed by atoms with Crippen LogP contribution >= 0.6 is 0 Å². The number of ether oxygens (including phenoxy) is 2. The average molecular weight is 293 g/mol. The highest BCUT2D eigenvalue weighted by Gasteiger charge is 2.31. The highest BCUT2D eigenvalue weighted by Crippen LogP contribution is 2.24. The van der Waals surface area contributed by atoms with E-state index in [1.807, 2.05) is 4.90 Å². The summed E-state index contributed by atoms with van der Waals surface area (Å²) in [5.74, 6) is -0.322. The van der Waals surface area contributed by atoms with Gasteiger partial charge in [-0.2, -0.15) is 0 Å². The molecule has 0 radical (unpaired) electrons. The lowest BCUT2D eigenvalue weighted by Crippen LogP contribution is -2.46. The zero-order valence-corrected chi connectivity index (χ0v) is 12.5. The summed E-state index contributed by atoms with van der Waals surface area (Å²) in [4.78, 5) is 33.7. The van der Waals surface area contributed by atoms with Gasteiger partial charge < -0.3 is 14.4 Å². The minimum Gasteiger partial charge on any atom is -0.467 e. The van der Waals surface area contributed by atoms with E-state index in [1.54, 1.807) is 13.0 Å². The number of anilines is 1. The van der Waals surface area contributed by atoms with Gasteiger partial charge in [0.2, 0.25) is 5.82 Å². The van der Waals surface area contributed by atoms with Gasteiger partial charge in [-0.05, 0) is 26.2 Å². The molecule has 0 bridgehead atoms. The maximum absolute atomic E-state index is 11.9. The van der Waals surface area contributed by atoms with Crippen molar-refractivity contribution in [2.24, 2.45) is 0 Å². The second-order valence-corrected chi connectivity index (χ2v) is 4.91. The van der Waals surface area contributed by atoms with Crippen LogP contribution in [-0.4, -0.2) is 48.7 Å². The molecule has 114 valence electrons. The molecule has 1 saturated heterocycles. The summed E-state index contributed by atoms with van der Waals surface area (Å²) in [5, 5.41) is 0. The van der Waals surface area contributed by atoms with E-state index in [-0.39, 0.29) is 17.8 Å². The molecular weight excluding hydrogens is 274 g/mol. The normalized spacial score (nSPS) is 18.2. The molecule has 1 aromatic rings. The van der Waals surface area contributed by atoms with Gasteiger partial charge in [-0.3, -0.25) is 0 Å². The first-order chi connectivity index (χ1) is 10.1. The lowest BCUT2D eigenvalue weighted by Gasteiger charge is -2.34. The van der Waals surface area contributed by atoms with Gasteiger partial charge in [0, 0.05) is 18.3 Å². The van der Waals surface area contributed by atoms with Gasteiger partial charge in [0.15, 0.2) is 0 Å². The number of esters is 2. The first-order valence-corrected chi connectivity index (χ1v) is 6.85. The number of carbonyl (C=O) groups excluding carboxylic acids is 2. The quantitative estimate of drug-likeness (QED) is 0.772. The van der Waals surface area contributed by atoms with Gasteiger partial charge in [-0.1, -0.05) is 0 Å². The van der Waals surface area contributed by atoms with Crippen LogP contribution in [0.4, 0.5) is 5.82 Å². The molecule has 1 fully saturated rings. The molecule has 0 aliphatic carbocycles. The van der Waals surface area contributed by atoms with Crippen LogP contribution in [0.3, 0.4) is 0 Å². The van der Waals surface area contributed by atoms with Gasteiger partial charge in [0.05, 0.1) is 14.2 Å². The Kier molecular flexibility index (Phi) is 4.72. The van der Waals surface area contributed by atoms with Gasteiger partial charge in [0.1, 0.15) is 11.9 Å². The van der Waals surface area contributed by atoms with Crippen molar-refractivity contribution in [3.8, 4) is 0 Å². The van der Waals surface area contributed by atoms with Gasteiger partial charge in [-0.15, -0.1) is 0 Å². The fourth-order valence-electron chi connectivity index (χ4n) is 2.47. The Labute approximate surface area is 123 Å². The van der Waals surface area contributed by atoms with Crippen molar-refractivity contribution in [1.29, 1.82) is 0 Å². The molecule has 0 aromatic carbocycles. The van der Waals surface area contributed by atoms with E-state index in [0.717, 1.165) is 12.8 Å². The maximum Gasteiger partial charge on any atom is 0.376 e. The van der Waals surface area contributed by atoms with E-state index >= 15 is 0 Å². The Morgan fingerprint density at radius 2 is 2.00 bits per heavy atom. The summed E-state index contributed by atoms with van der Waals surface area (Å²) >= 11 is 0. The summed E-state index contributed by atoms with van der Waals surface area (Å²) in [6.45, 7) is 2.46. The molecule has 7 heteroatoms. The van der Waals surface area contributed by atoms with Crippen LogP contribution in [0.1, 0.15) is 35.6 Å². The van der Waals surface area contributed by atoms with Gasteiger partial charge >= 0.3 is 11.9 Å². The summed E-state index contributed by atoms with van der Waals surface area (Å²) < 4.78 is 9.51. The molecule has 1 aliphatic heterocycles. The van der Waals surface area contributed by atoms with Gasteiger partial charge in [-0.25, -0.2) is 19.6 Å². The van der Waals surface area contributed by atoms with Crippen molar-refractivity contribution in [2.45, 2.75) is 32.2 Å². The first kappa shape index (κ1) is 15.2. The minimum atomic E-state index is -0.591. The van der Waals surface area contributed by atoms with Crippen LogP contribution in [0.2, 0.25) is 0 Å². The van der Waals surface area contributed by atoms with E-state index in [2.05, 4.69) is 14.7 Å². The van der Waals surface area contributed by atoms with Crippen molar-refractivity contribution < 1.29 is 19.1 Å². The Morgan fingerprint density at radius 3 is 2.67 bits per heavy atom. The minimum absolute atomic E-state index is 0.00156. The van der Waals surface area contributed by atoms with Crippen molar-refractivity contribution in [1.82, 2.24) is 9.97 Å². The number of methoxy groups -OCH3 is 2. The first-order valence-electron chi connectivity index (χ1n) is 6.85. The zero-order valence-electron chi connectivity index (χ0n) is 12.5. The van der Waals surface area contributed by atoms with Crippen molar-refractivity contribution in [3.05, 3.63) is 17.6 Å². The third-order valence-corrected chi connectivity index (χ3v) is 3.48. The second kappa shape index (κ2) is 6.51. The third kappa shape index (κ3) is 3.29. The van der Waals surface area contributed by atoms with Gasteiger partial charge in [0.25, 0.3) is 0 Å². The smallest absolute Gasteiger partial charge is 0.376 e. The molecule has 1 aromatic heterocycles. The molecule has 2 rings (SSSR count). The highest BCUT2D eigenvalue weighted by molar-refractivity contribution is 5.86. The molecule has 1 aliphatic rings. The topological polar surface area (TPSA) is 81.6 Å². The number of rotatable bonds is 3. The molecule has 1 atom stereocenters. The fraction of sp³-hybridized carbons (Fsp3) is 0.571. The monoisotopic (exact) mass is 293 g/mol. The maximum atomic E-state index is 11.9. The zero-order chi connectivity index (χ0) is 15.4. The molecule has 7 nitrogen and oxygen atoms in total. The summed E-state index contributed by atoms with van der Waals surface area (Å²) in [6.07, 6.45) is 2.64. The Bertz CT molecular complexity index is 547. The largest absolute Gasteiger partial charge is 0.467 e. The van der Waals surface area contributed by atoms with E-state index < -0.39 is 5.97 Å². The van der Waals surface area contributed by atoms with Crippen molar-refractivity contribution in [3.63, 3.8) is 0 Å². The number of nitrogens with zero attached hydrogens (tertiary/aromatic N) is 3. The summed E-state index contributed by atoms with van der Waals surface area (Å²) in [5.41, 5.74) is 0.648. The van der Waals surface area contributed by atoms with E-state index in [1.165, 1.54) is 14.2 Å². The third-order valence-electron chi connectivity index (χ3n) is 3.48. The lowest BCUT2D eigenvalue weighted by molar-refractivity contribution is -0.142. The van der Waals surface area contributed by atoms with Crippen LogP contribution in [0.15, 0.2) is 6.07 Å². The number of carbonyl (C=O) groups is 2. The molecule has 0 N–H and O–H groups in total. The molecule has 21 heavy (non-hydrogen) atoms. The SMILES string of the molecule is COC(=O)c1nc(C)cc(N2CCCCC2C(=O)OC)n1. The van der Waals surface area contributed by atoms with Crippen molar-refractivity contribution >= 4 is 17.8 Å². The van der Waals surface area contributed by atoms with E-state index in [0.29, 0.717) is 24.5 Å². The van der Waals surface area contributed by atoms with Crippen LogP contribution in [0, 0.1) is 6.92 Å². The number of aryl methyl sites for hydroxylation is 1. The molecule has 0 spiro atoms. The van der Waals surface area contributed by atoms with Crippen molar-refractivity contribution in [2.75, 3.05) is 25.7 Å². The Balaban J connectivity index is 2.36. The molecule has 1 unspecified atom stereocenters. The second-order valence-electron chi connectivity index (χ2n) is 4.91. The number of aromatic nitrogens is 2. The highest BCUT2D eigenvalue weighted by atomic mass is 16.5. The molecule has 2 heterocycles. The standard InChI is InChI=1S/C14H19N3O4/c1-9-8-11(16-12(15-9)14(19)21-3)17-7-5-4-6-10(17)13(18)20-2/h8,10H,4-7H2,1-3H3. The van der Waals surface area contributed by atoms with Crippen LogP contribution in [0.5, 0.6) is 0 Å². The summed E-state index contributed by atoms with van der Waals surface area (Å²) in [6, 6.07) is 1.39. The number of piperidine rings is 1. The molecular formula is C14H19N3O4. The predicted octanol–water partition coefficient (Wildman–Crippen LogP) is 1.10. The Morgan fingerprint density at radius 1 is 1.24 bits per heavy atom. The Hall–Kier alpha value is -2.18. The number of hydrogen-bond acceptors (Lipinski definition) is 7.